The maximum atomic E-state index is 14.6. The van der Waals surface area contributed by atoms with Crippen molar-refractivity contribution in [2.24, 2.45) is 21.5 Å². The molecule has 1 fully saturated rings. The van der Waals surface area contributed by atoms with Crippen molar-refractivity contribution >= 4 is 86.0 Å². The number of carbonyl (C=O) groups excluding carboxylic acids is 7. The van der Waals surface area contributed by atoms with Gasteiger partial charge in [0.05, 0.1) is 6.61 Å². The number of aliphatic hydroxyl groups excluding tert-OH is 1. The Balaban J connectivity index is 1.56. The molecule has 2 aliphatic heterocycles. The molecule has 7 amide bonds. The van der Waals surface area contributed by atoms with E-state index >= 15 is 0 Å². The van der Waals surface area contributed by atoms with Crippen LogP contribution in [0.5, 0.6) is 0 Å². The summed E-state index contributed by atoms with van der Waals surface area (Å²) in [7, 11) is 2.51. The van der Waals surface area contributed by atoms with Crippen LogP contribution in [0.15, 0.2) is 82.6 Å². The highest BCUT2D eigenvalue weighted by molar-refractivity contribution is 8.76. The van der Waals surface area contributed by atoms with Gasteiger partial charge in [0.1, 0.15) is 36.3 Å². The molecule has 0 spiro atoms. The van der Waals surface area contributed by atoms with Crippen LogP contribution in [-0.2, 0) is 46.4 Å². The summed E-state index contributed by atoms with van der Waals surface area (Å²) >= 11 is 0. The fourth-order valence-electron chi connectivity index (χ4n) is 7.32. The molecule has 3 aromatic rings. The number of benzene rings is 2. The molecule has 13 N–H and O–H groups in total. The van der Waals surface area contributed by atoms with E-state index in [9.17, 15) is 38.7 Å². The minimum absolute atomic E-state index is 0.00486. The number of rotatable bonds is 14. The van der Waals surface area contributed by atoms with Crippen molar-refractivity contribution in [1.29, 1.82) is 0 Å². The number of nitrogens with zero attached hydrogens (tertiary/aromatic N) is 2. The number of nitrogens with one attached hydrogen (secondary N) is 8. The third-order valence-electron chi connectivity index (χ3n) is 10.8. The van der Waals surface area contributed by atoms with Gasteiger partial charge in [-0.15, -0.1) is 0 Å². The van der Waals surface area contributed by atoms with Gasteiger partial charge in [0.15, 0.2) is 5.96 Å². The molecule has 2 aliphatic rings. The van der Waals surface area contributed by atoms with Crippen LogP contribution < -0.4 is 48.7 Å². The number of para-hydroxylation sites is 1. The number of aromatic nitrogens is 1. The van der Waals surface area contributed by atoms with E-state index < -0.39 is 83.6 Å². The maximum Gasteiger partial charge on any atom is 0.243 e. The summed E-state index contributed by atoms with van der Waals surface area (Å²) in [4.78, 5) is 110. The molecule has 0 aliphatic carbocycles. The molecule has 3 heterocycles. The molecule has 1 aromatic heterocycles. The van der Waals surface area contributed by atoms with Gasteiger partial charge in [-0.1, -0.05) is 76.2 Å². The van der Waals surface area contributed by atoms with E-state index in [2.05, 4.69) is 52.2 Å². The fraction of sp³-hybridized carbons (Fsp3) is 0.444. The second kappa shape index (κ2) is 26.1. The number of aliphatic hydroxyl groups is 1. The molecule has 5 rings (SSSR count). The summed E-state index contributed by atoms with van der Waals surface area (Å²) in [6.45, 7) is 2.60. The van der Waals surface area contributed by atoms with E-state index in [1.165, 1.54) is 28.5 Å². The molecule has 0 saturated carbocycles. The van der Waals surface area contributed by atoms with Crippen LogP contribution in [-0.4, -0.2) is 131 Å². The summed E-state index contributed by atoms with van der Waals surface area (Å²) in [5.74, 6) is -4.50. The van der Waals surface area contributed by atoms with Crippen molar-refractivity contribution < 1.29 is 38.7 Å². The standard InChI is InChI=1S/C45H60N12O8S2/c1-26(24-58)51-44(65)38-25-67-66-19-16-34(52-27(2)59)40(61)56-37(22-30-12-8-17-48-30)43(64)54-35(20-28-10-4-3-5-11-28)41(62)53-33(15-9-18-49-45(46)47)39(60)55-36(42(63)57-38)21-29-23-50-32-14-7-6-13-31(29)32/h3-7,10-14,17,23,26,33-38,50,58H,8-9,15-16,18-22,24-25H2,1-2H3,(H,51,65)(H,52,59)(H,53,62)(H,54,64)(H,55,60)(H,56,61)(H,57,63)(H4,46,47,49)/t26-,33+,34+,35-,36+,37+,38+/m1/s1. The van der Waals surface area contributed by atoms with Crippen LogP contribution in [0.1, 0.15) is 57.1 Å². The Hall–Kier alpha value is -6.39. The van der Waals surface area contributed by atoms with Crippen LogP contribution in [0.4, 0.5) is 0 Å². The number of guanidine groups is 1. The van der Waals surface area contributed by atoms with E-state index in [0.717, 1.165) is 10.9 Å². The van der Waals surface area contributed by atoms with Crippen LogP contribution >= 0.6 is 21.6 Å². The number of carbonyl (C=O) groups is 7. The topological polar surface area (TPSA) is 316 Å². The lowest BCUT2D eigenvalue weighted by molar-refractivity contribution is -0.135. The number of aromatic amines is 1. The third-order valence-corrected chi connectivity index (χ3v) is 13.2. The highest BCUT2D eigenvalue weighted by atomic mass is 33.1. The number of hydrogen-bond acceptors (Lipinski definition) is 12. The first-order chi connectivity index (χ1) is 32.2. The van der Waals surface area contributed by atoms with Crippen LogP contribution in [0.3, 0.4) is 0 Å². The molecular formula is C45H60N12O8S2. The summed E-state index contributed by atoms with van der Waals surface area (Å²) in [6, 6.07) is 8.31. The van der Waals surface area contributed by atoms with Gasteiger partial charge in [0, 0.05) is 85.7 Å². The van der Waals surface area contributed by atoms with Gasteiger partial charge in [-0.05, 0) is 43.4 Å². The Labute approximate surface area is 396 Å². The van der Waals surface area contributed by atoms with Gasteiger partial charge in [-0.3, -0.25) is 43.5 Å². The van der Waals surface area contributed by atoms with Crippen LogP contribution in [0.2, 0.25) is 0 Å². The zero-order valence-electron chi connectivity index (χ0n) is 37.4. The second-order valence-electron chi connectivity index (χ2n) is 16.2. The van der Waals surface area contributed by atoms with Crippen molar-refractivity contribution in [2.75, 3.05) is 24.7 Å². The first kappa shape index (κ1) is 51.6. The van der Waals surface area contributed by atoms with Crippen molar-refractivity contribution in [3.8, 4) is 0 Å². The Bertz CT molecular complexity index is 2300. The van der Waals surface area contributed by atoms with E-state index in [1.54, 1.807) is 55.7 Å². The Kier molecular flexibility index (Phi) is 20.1. The summed E-state index contributed by atoms with van der Waals surface area (Å²) < 4.78 is 0. The summed E-state index contributed by atoms with van der Waals surface area (Å²) in [5.41, 5.74) is 13.8. The molecule has 67 heavy (non-hydrogen) atoms. The van der Waals surface area contributed by atoms with Gasteiger partial charge >= 0.3 is 0 Å². The lowest BCUT2D eigenvalue weighted by atomic mass is 10.0. The average Bonchev–Trinajstić information content (AvgIpc) is 3.98. The highest BCUT2D eigenvalue weighted by Crippen LogP contribution is 2.25. The van der Waals surface area contributed by atoms with Gasteiger partial charge in [-0.2, -0.15) is 0 Å². The van der Waals surface area contributed by atoms with Gasteiger partial charge < -0.3 is 58.8 Å². The number of nitrogens with two attached hydrogens (primary N) is 2. The molecule has 20 nitrogen and oxygen atoms in total. The first-order valence-corrected chi connectivity index (χ1v) is 24.5. The van der Waals surface area contributed by atoms with Gasteiger partial charge in [-0.25, -0.2) is 0 Å². The molecule has 1 saturated heterocycles. The van der Waals surface area contributed by atoms with E-state index in [-0.39, 0.29) is 69.1 Å². The predicted molar refractivity (Wildman–Crippen MR) is 259 cm³/mol. The zero-order valence-corrected chi connectivity index (χ0v) is 39.1. The lowest BCUT2D eigenvalue weighted by Crippen LogP contribution is -2.60. The van der Waals surface area contributed by atoms with Crippen LogP contribution in [0.25, 0.3) is 10.9 Å². The molecule has 7 atom stereocenters. The van der Waals surface area contributed by atoms with Gasteiger partial charge in [0.2, 0.25) is 41.4 Å². The molecule has 2 aromatic carbocycles. The van der Waals surface area contributed by atoms with E-state index in [0.29, 0.717) is 23.2 Å². The lowest BCUT2D eigenvalue weighted by Gasteiger charge is -2.28. The smallest absolute Gasteiger partial charge is 0.243 e. The average molecular weight is 961 g/mol. The number of amides is 7. The second-order valence-corrected chi connectivity index (χ2v) is 18.8. The Morgan fingerprint density at radius 3 is 2.16 bits per heavy atom. The predicted octanol–water partition coefficient (Wildman–Crippen LogP) is -0.0340. The molecule has 22 heteroatoms. The fourth-order valence-corrected chi connectivity index (χ4v) is 9.57. The van der Waals surface area contributed by atoms with Gasteiger partial charge in [0.25, 0.3) is 0 Å². The Morgan fingerprint density at radius 2 is 1.48 bits per heavy atom. The molecule has 360 valence electrons. The van der Waals surface area contributed by atoms with E-state index in [1.807, 2.05) is 24.3 Å². The minimum atomic E-state index is -1.30. The molecular weight excluding hydrogens is 901 g/mol. The Morgan fingerprint density at radius 1 is 0.836 bits per heavy atom. The third kappa shape index (κ3) is 16.5. The quantitative estimate of drug-likeness (QED) is 0.0439. The monoisotopic (exact) mass is 960 g/mol. The normalized spacial score (nSPS) is 23.0. The number of aliphatic imine (C=N–C) groups is 2. The summed E-state index contributed by atoms with van der Waals surface area (Å²) in [6.07, 6.45) is 5.97. The number of hydrogen-bond donors (Lipinski definition) is 11. The SMILES string of the molecule is CC(=O)N[C@H]1CCSSC[C@@H](C(=O)N[C@H](C)CO)NC(=O)[C@H](Cc2c[nH]c3ccccc23)NC(=O)[C@H](CCCN=C(N)N)NC(=O)[C@@H](Cc2ccccc2)NC(=O)[C@H](CC2=CCC=N2)NC1=O. The molecule has 0 radical (unpaired) electrons. The molecule has 0 bridgehead atoms. The largest absolute Gasteiger partial charge is 0.394 e. The van der Waals surface area contributed by atoms with Crippen molar-refractivity contribution in [2.45, 2.75) is 101 Å². The van der Waals surface area contributed by atoms with E-state index in [4.69, 9.17) is 11.5 Å². The number of H-pyrrole nitrogens is 1. The highest BCUT2D eigenvalue weighted by Gasteiger charge is 2.35. The zero-order chi connectivity index (χ0) is 48.3. The van der Waals surface area contributed by atoms with Crippen LogP contribution in [0, 0.1) is 0 Å². The number of allylic oxidation sites excluding steroid dienone is 1. The minimum Gasteiger partial charge on any atom is -0.394 e. The maximum absolute atomic E-state index is 14.6. The van der Waals surface area contributed by atoms with Crippen molar-refractivity contribution in [3.63, 3.8) is 0 Å². The number of fused-ring (bicyclic) bond motifs is 1. The summed E-state index contributed by atoms with van der Waals surface area (Å²) in [5, 5.41) is 29.9. The van der Waals surface area contributed by atoms with Crippen molar-refractivity contribution in [1.82, 2.24) is 42.2 Å². The van der Waals surface area contributed by atoms with Crippen molar-refractivity contribution in [3.05, 3.63) is 83.7 Å². The molecule has 0 unspecified atom stereocenters. The first-order valence-electron chi connectivity index (χ1n) is 22.0.